The van der Waals surface area contributed by atoms with E-state index in [-0.39, 0.29) is 23.6 Å². The Morgan fingerprint density at radius 3 is 2.48 bits per heavy atom. The molecule has 2 heterocycles. The first-order valence-corrected chi connectivity index (χ1v) is 8.68. The summed E-state index contributed by atoms with van der Waals surface area (Å²) in [4.78, 5) is 20.7. The number of aromatic nitrogens is 2. The van der Waals surface area contributed by atoms with Crippen molar-refractivity contribution >= 4 is 17.5 Å². The van der Waals surface area contributed by atoms with Crippen molar-refractivity contribution in [1.29, 1.82) is 0 Å². The van der Waals surface area contributed by atoms with Crippen LogP contribution in [0.3, 0.4) is 0 Å². The van der Waals surface area contributed by atoms with Gasteiger partial charge in [-0.15, -0.1) is 0 Å². The lowest BCUT2D eigenvalue weighted by Gasteiger charge is -2.33. The summed E-state index contributed by atoms with van der Waals surface area (Å²) in [6.45, 7) is 0.274. The highest BCUT2D eigenvalue weighted by molar-refractivity contribution is 6.31. The molecule has 0 bridgehead atoms. The maximum Gasteiger partial charge on any atom is 0.242 e. The summed E-state index contributed by atoms with van der Waals surface area (Å²) in [6.07, 6.45) is 6.61. The fraction of sp³-hybridized carbons (Fsp3) is 0.150. The van der Waals surface area contributed by atoms with Gasteiger partial charge in [0, 0.05) is 48.3 Å². The van der Waals surface area contributed by atoms with Crippen LogP contribution in [0.2, 0.25) is 5.02 Å². The number of carbonyl (C=O) groups is 1. The minimum absolute atomic E-state index is 0.0251. The Bertz CT molecular complexity index is 904. The van der Waals surface area contributed by atoms with Crippen molar-refractivity contribution in [2.24, 2.45) is 5.73 Å². The Balaban J connectivity index is 2.09. The summed E-state index contributed by atoms with van der Waals surface area (Å²) in [7, 11) is 0. The maximum atomic E-state index is 14.8. The van der Waals surface area contributed by atoms with Crippen LogP contribution >= 0.6 is 11.6 Å². The highest BCUT2D eigenvalue weighted by Crippen LogP contribution is 2.34. The molecule has 0 radical (unpaired) electrons. The van der Waals surface area contributed by atoms with E-state index < -0.39 is 17.3 Å². The van der Waals surface area contributed by atoms with Gasteiger partial charge in [0.2, 0.25) is 5.91 Å². The minimum Gasteiger partial charge on any atom is -0.368 e. The normalized spacial score (nSPS) is 13.1. The first-order chi connectivity index (χ1) is 13.0. The monoisotopic (exact) mass is 384 g/mol. The molecule has 0 spiro atoms. The molecule has 1 atom stereocenters. The molecule has 3 N–H and O–H groups in total. The van der Waals surface area contributed by atoms with Gasteiger partial charge in [-0.1, -0.05) is 23.7 Å². The van der Waals surface area contributed by atoms with Gasteiger partial charge in [-0.2, -0.15) is 0 Å². The van der Waals surface area contributed by atoms with Crippen LogP contribution in [-0.4, -0.2) is 15.9 Å². The zero-order valence-corrected chi connectivity index (χ0v) is 15.2. The highest BCUT2D eigenvalue weighted by Gasteiger charge is 2.42. The van der Waals surface area contributed by atoms with E-state index in [0.717, 1.165) is 11.1 Å². The predicted octanol–water partition coefficient (Wildman–Crippen LogP) is 2.98. The molecule has 0 aliphatic heterocycles. The number of carbonyl (C=O) groups excluding carboxylic acids is 1. The van der Waals surface area contributed by atoms with E-state index in [1.807, 2.05) is 0 Å². The van der Waals surface area contributed by atoms with E-state index in [1.165, 1.54) is 18.2 Å². The molecule has 138 valence electrons. The number of nitrogens with two attached hydrogens (primary N) is 1. The zero-order valence-electron chi connectivity index (χ0n) is 14.4. The molecular weight excluding hydrogens is 367 g/mol. The van der Waals surface area contributed by atoms with Gasteiger partial charge in [-0.25, -0.2) is 4.39 Å². The summed E-state index contributed by atoms with van der Waals surface area (Å²) in [5.74, 6) is -1.33. The van der Waals surface area contributed by atoms with Crippen molar-refractivity contribution in [3.8, 4) is 0 Å². The molecule has 0 aliphatic carbocycles. The third kappa shape index (κ3) is 4.13. The summed E-state index contributed by atoms with van der Waals surface area (Å²) < 4.78 is 14.8. The quantitative estimate of drug-likeness (QED) is 0.656. The molecule has 0 saturated heterocycles. The van der Waals surface area contributed by atoms with E-state index in [4.69, 9.17) is 17.3 Å². The van der Waals surface area contributed by atoms with Crippen molar-refractivity contribution in [2.45, 2.75) is 18.5 Å². The van der Waals surface area contributed by atoms with Crippen molar-refractivity contribution < 1.29 is 9.18 Å². The Morgan fingerprint density at radius 2 is 1.85 bits per heavy atom. The second-order valence-corrected chi connectivity index (χ2v) is 6.52. The van der Waals surface area contributed by atoms with Gasteiger partial charge in [-0.3, -0.25) is 20.1 Å². The number of halogens is 2. The number of pyridine rings is 2. The average Bonchev–Trinajstić information content (AvgIpc) is 2.67. The van der Waals surface area contributed by atoms with Crippen LogP contribution in [0.25, 0.3) is 0 Å². The maximum absolute atomic E-state index is 14.8. The standard InChI is InChI=1S/C20H18ClFN4O/c21-16-4-1-5-17(22)18(16)20(19(23)27,11-15-3-2-8-25-12-15)26-13-14-6-9-24-10-7-14/h1-10,12,26H,11,13H2,(H2,23,27). The largest absolute Gasteiger partial charge is 0.368 e. The molecule has 7 heteroatoms. The van der Waals surface area contributed by atoms with Crippen LogP contribution in [0, 0.1) is 5.82 Å². The SMILES string of the molecule is NC(=O)C(Cc1cccnc1)(NCc1ccncc1)c1c(F)cccc1Cl. The van der Waals surface area contributed by atoms with Crippen molar-refractivity contribution in [2.75, 3.05) is 0 Å². The van der Waals surface area contributed by atoms with E-state index >= 15 is 0 Å². The van der Waals surface area contributed by atoms with Gasteiger partial charge in [0.15, 0.2) is 0 Å². The first kappa shape index (κ1) is 18.9. The Hall–Kier alpha value is -2.83. The Kier molecular flexibility index (Phi) is 5.78. The van der Waals surface area contributed by atoms with Crippen LogP contribution < -0.4 is 11.1 Å². The lowest BCUT2D eigenvalue weighted by Crippen LogP contribution is -2.54. The molecule has 0 aliphatic rings. The molecule has 5 nitrogen and oxygen atoms in total. The summed E-state index contributed by atoms with van der Waals surface area (Å²) in [5, 5.41) is 3.27. The van der Waals surface area contributed by atoms with Crippen LogP contribution in [0.1, 0.15) is 16.7 Å². The topological polar surface area (TPSA) is 80.9 Å². The van der Waals surface area contributed by atoms with Crippen LogP contribution in [-0.2, 0) is 23.3 Å². The summed E-state index contributed by atoms with van der Waals surface area (Å²) >= 11 is 6.29. The van der Waals surface area contributed by atoms with Crippen molar-refractivity contribution in [3.63, 3.8) is 0 Å². The summed E-state index contributed by atoms with van der Waals surface area (Å²) in [6, 6.07) is 11.4. The van der Waals surface area contributed by atoms with E-state index in [2.05, 4.69) is 15.3 Å². The number of benzene rings is 1. The number of primary amides is 1. The molecule has 1 unspecified atom stereocenters. The first-order valence-electron chi connectivity index (χ1n) is 8.30. The van der Waals surface area contributed by atoms with Gasteiger partial charge in [0.25, 0.3) is 0 Å². The number of nitrogens with zero attached hydrogens (tertiary/aromatic N) is 2. The Labute approximate surface area is 161 Å². The minimum atomic E-state index is -1.55. The molecule has 0 saturated carbocycles. The molecule has 27 heavy (non-hydrogen) atoms. The van der Waals surface area contributed by atoms with E-state index in [0.29, 0.717) is 0 Å². The lowest BCUT2D eigenvalue weighted by molar-refractivity contribution is -0.125. The van der Waals surface area contributed by atoms with Gasteiger partial charge in [-0.05, 0) is 41.5 Å². The smallest absolute Gasteiger partial charge is 0.242 e. The molecule has 3 rings (SSSR count). The average molecular weight is 385 g/mol. The molecule has 1 aromatic carbocycles. The number of hydrogen-bond acceptors (Lipinski definition) is 4. The number of nitrogens with one attached hydrogen (secondary N) is 1. The zero-order chi connectivity index (χ0) is 19.3. The second kappa shape index (κ2) is 8.24. The number of rotatable bonds is 7. The highest BCUT2D eigenvalue weighted by atomic mass is 35.5. The fourth-order valence-corrected chi connectivity index (χ4v) is 3.33. The molecular formula is C20H18ClFN4O. The molecule has 0 fully saturated rings. The summed E-state index contributed by atoms with van der Waals surface area (Å²) in [5.41, 5.74) is 5.86. The predicted molar refractivity (Wildman–Crippen MR) is 101 cm³/mol. The van der Waals surface area contributed by atoms with Gasteiger partial charge in [0.1, 0.15) is 11.4 Å². The number of amides is 1. The second-order valence-electron chi connectivity index (χ2n) is 6.11. The third-order valence-corrected chi connectivity index (χ3v) is 4.66. The molecule has 1 amide bonds. The molecule has 2 aromatic heterocycles. The number of hydrogen-bond donors (Lipinski definition) is 2. The van der Waals surface area contributed by atoms with Crippen LogP contribution in [0.15, 0.2) is 67.3 Å². The van der Waals surface area contributed by atoms with Gasteiger partial charge < -0.3 is 5.73 Å². The van der Waals surface area contributed by atoms with E-state index in [9.17, 15) is 9.18 Å². The van der Waals surface area contributed by atoms with Crippen molar-refractivity contribution in [3.05, 3.63) is 94.8 Å². The fourth-order valence-electron chi connectivity index (χ4n) is 3.00. The third-order valence-electron chi connectivity index (χ3n) is 4.35. The lowest BCUT2D eigenvalue weighted by atomic mass is 9.82. The van der Waals surface area contributed by atoms with Crippen molar-refractivity contribution in [1.82, 2.24) is 15.3 Å². The van der Waals surface area contributed by atoms with Gasteiger partial charge in [0.05, 0.1) is 0 Å². The van der Waals surface area contributed by atoms with Crippen LogP contribution in [0.5, 0.6) is 0 Å². The van der Waals surface area contributed by atoms with Gasteiger partial charge >= 0.3 is 0 Å². The molecule has 3 aromatic rings. The van der Waals surface area contributed by atoms with E-state index in [1.54, 1.807) is 49.1 Å². The van der Waals surface area contributed by atoms with Crippen LogP contribution in [0.4, 0.5) is 4.39 Å². The Morgan fingerprint density at radius 1 is 1.07 bits per heavy atom.